The number of nitrogens with zero attached hydrogens (tertiary/aromatic N) is 2. The van der Waals surface area contributed by atoms with E-state index in [-0.39, 0.29) is 6.17 Å². The van der Waals surface area contributed by atoms with Crippen molar-refractivity contribution in [1.82, 2.24) is 5.06 Å². The number of hydrogen-bond acceptors (Lipinski definition) is 3. The van der Waals surface area contributed by atoms with Crippen LogP contribution in [0, 0.1) is 0 Å². The largest absolute Gasteiger partial charge is 0.383 e. The molecule has 2 aromatic rings. The number of hydroxylamine groups is 2. The molecule has 0 radical (unpaired) electrons. The van der Waals surface area contributed by atoms with Crippen LogP contribution in [0.3, 0.4) is 0 Å². The quantitative estimate of drug-likeness (QED) is 0.803. The standard InChI is InChI=1S/C15H14N2O/c1-17-14(12-8-4-2-5-9-12)16-15(18-17)13-10-6-3-7-11-13/h2-11,14H,1H3. The monoisotopic (exact) mass is 238 g/mol. The number of aliphatic imine (C=N–C) groups is 1. The molecule has 3 heteroatoms. The van der Waals surface area contributed by atoms with Crippen molar-refractivity contribution in [3.63, 3.8) is 0 Å². The third-order valence-corrected chi connectivity index (χ3v) is 2.93. The van der Waals surface area contributed by atoms with E-state index in [0.29, 0.717) is 5.90 Å². The summed E-state index contributed by atoms with van der Waals surface area (Å²) < 4.78 is 0. The van der Waals surface area contributed by atoms with Gasteiger partial charge in [-0.1, -0.05) is 48.5 Å². The Morgan fingerprint density at radius 3 is 2.22 bits per heavy atom. The molecule has 0 bridgehead atoms. The van der Waals surface area contributed by atoms with E-state index in [9.17, 15) is 0 Å². The van der Waals surface area contributed by atoms with Crippen molar-refractivity contribution in [2.75, 3.05) is 7.05 Å². The summed E-state index contributed by atoms with van der Waals surface area (Å²) in [6.07, 6.45) is -0.0681. The molecule has 0 aromatic heterocycles. The van der Waals surface area contributed by atoms with E-state index in [0.717, 1.165) is 11.1 Å². The average Bonchev–Trinajstić information content (AvgIpc) is 2.83. The molecule has 1 heterocycles. The second-order valence-electron chi connectivity index (χ2n) is 4.22. The third-order valence-electron chi connectivity index (χ3n) is 2.93. The van der Waals surface area contributed by atoms with Crippen LogP contribution in [0.15, 0.2) is 65.7 Å². The Bertz CT molecular complexity index is 551. The van der Waals surface area contributed by atoms with E-state index in [2.05, 4.69) is 17.1 Å². The number of hydrogen-bond donors (Lipinski definition) is 0. The van der Waals surface area contributed by atoms with Gasteiger partial charge in [0.2, 0.25) is 5.90 Å². The second-order valence-corrected chi connectivity index (χ2v) is 4.22. The van der Waals surface area contributed by atoms with Crippen LogP contribution in [-0.2, 0) is 4.84 Å². The maximum absolute atomic E-state index is 5.70. The highest BCUT2D eigenvalue weighted by molar-refractivity contribution is 5.94. The lowest BCUT2D eigenvalue weighted by molar-refractivity contribution is -0.0571. The molecule has 1 atom stereocenters. The predicted molar refractivity (Wildman–Crippen MR) is 71.0 cm³/mol. The van der Waals surface area contributed by atoms with E-state index >= 15 is 0 Å². The van der Waals surface area contributed by atoms with Crippen LogP contribution in [0.5, 0.6) is 0 Å². The first-order chi connectivity index (χ1) is 8.84. The minimum absolute atomic E-state index is 0.0681. The molecule has 0 N–H and O–H groups in total. The molecule has 0 amide bonds. The molecule has 1 aliphatic rings. The lowest BCUT2D eigenvalue weighted by atomic mass is 10.2. The Morgan fingerprint density at radius 1 is 0.944 bits per heavy atom. The Kier molecular flexibility index (Phi) is 2.82. The van der Waals surface area contributed by atoms with Crippen LogP contribution in [0.25, 0.3) is 0 Å². The lowest BCUT2D eigenvalue weighted by Crippen LogP contribution is -2.18. The van der Waals surface area contributed by atoms with E-state index < -0.39 is 0 Å². The first-order valence-corrected chi connectivity index (χ1v) is 5.93. The van der Waals surface area contributed by atoms with Crippen LogP contribution >= 0.6 is 0 Å². The van der Waals surface area contributed by atoms with Gasteiger partial charge in [0, 0.05) is 12.6 Å². The van der Waals surface area contributed by atoms with Crippen molar-refractivity contribution in [2.45, 2.75) is 6.17 Å². The van der Waals surface area contributed by atoms with Crippen LogP contribution in [0.4, 0.5) is 0 Å². The zero-order valence-corrected chi connectivity index (χ0v) is 10.2. The minimum Gasteiger partial charge on any atom is -0.383 e. The first-order valence-electron chi connectivity index (χ1n) is 5.93. The number of benzene rings is 2. The Labute approximate surface area is 106 Å². The maximum Gasteiger partial charge on any atom is 0.242 e. The molecule has 90 valence electrons. The van der Waals surface area contributed by atoms with Gasteiger partial charge in [0.1, 0.15) is 0 Å². The molecule has 3 nitrogen and oxygen atoms in total. The summed E-state index contributed by atoms with van der Waals surface area (Å²) in [5.41, 5.74) is 2.13. The van der Waals surface area contributed by atoms with E-state index in [1.165, 1.54) is 0 Å². The Hall–Kier alpha value is -2.13. The maximum atomic E-state index is 5.70. The van der Waals surface area contributed by atoms with Crippen molar-refractivity contribution in [3.8, 4) is 0 Å². The van der Waals surface area contributed by atoms with Gasteiger partial charge in [-0.15, -0.1) is 5.06 Å². The molecule has 0 spiro atoms. The van der Waals surface area contributed by atoms with Crippen LogP contribution in [0.2, 0.25) is 0 Å². The summed E-state index contributed by atoms with van der Waals surface area (Å²) in [7, 11) is 1.90. The van der Waals surface area contributed by atoms with Crippen LogP contribution in [0.1, 0.15) is 17.3 Å². The lowest BCUT2D eigenvalue weighted by Gasteiger charge is -2.15. The van der Waals surface area contributed by atoms with E-state index in [1.54, 1.807) is 5.06 Å². The molecular formula is C15H14N2O. The van der Waals surface area contributed by atoms with Crippen LogP contribution < -0.4 is 0 Å². The summed E-state index contributed by atoms with van der Waals surface area (Å²) in [5, 5.41) is 1.78. The molecular weight excluding hydrogens is 224 g/mol. The molecule has 1 unspecified atom stereocenters. The van der Waals surface area contributed by atoms with Gasteiger partial charge in [-0.05, 0) is 17.7 Å². The highest BCUT2D eigenvalue weighted by Gasteiger charge is 2.27. The zero-order valence-electron chi connectivity index (χ0n) is 10.2. The third kappa shape index (κ3) is 2.00. The molecule has 2 aromatic carbocycles. The molecule has 0 fully saturated rings. The van der Waals surface area contributed by atoms with Crippen molar-refractivity contribution in [1.29, 1.82) is 0 Å². The summed E-state index contributed by atoms with van der Waals surface area (Å²) in [4.78, 5) is 10.3. The van der Waals surface area contributed by atoms with Gasteiger partial charge in [-0.2, -0.15) is 0 Å². The SMILES string of the molecule is CN1OC(c2ccccc2)=NC1c1ccccc1. The van der Waals surface area contributed by atoms with Crippen molar-refractivity contribution < 1.29 is 4.84 Å². The van der Waals surface area contributed by atoms with Gasteiger partial charge in [-0.3, -0.25) is 0 Å². The van der Waals surface area contributed by atoms with Crippen molar-refractivity contribution >= 4 is 5.90 Å². The fourth-order valence-corrected chi connectivity index (χ4v) is 2.02. The normalized spacial score (nSPS) is 19.4. The number of rotatable bonds is 2. The van der Waals surface area contributed by atoms with Gasteiger partial charge in [0.15, 0.2) is 6.17 Å². The Morgan fingerprint density at radius 2 is 1.56 bits per heavy atom. The topological polar surface area (TPSA) is 24.8 Å². The van der Waals surface area contributed by atoms with Gasteiger partial charge < -0.3 is 4.84 Å². The molecule has 0 saturated carbocycles. The van der Waals surface area contributed by atoms with Gasteiger partial charge in [0.05, 0.1) is 0 Å². The summed E-state index contributed by atoms with van der Waals surface area (Å²) in [5.74, 6) is 0.673. The second kappa shape index (κ2) is 4.63. The average molecular weight is 238 g/mol. The minimum atomic E-state index is -0.0681. The fraction of sp³-hybridized carbons (Fsp3) is 0.133. The van der Waals surface area contributed by atoms with Gasteiger partial charge in [-0.25, -0.2) is 4.99 Å². The highest BCUT2D eigenvalue weighted by atomic mass is 16.7. The first kappa shape index (κ1) is 11.0. The fourth-order valence-electron chi connectivity index (χ4n) is 2.02. The van der Waals surface area contributed by atoms with Crippen molar-refractivity contribution in [3.05, 3.63) is 71.8 Å². The summed E-state index contributed by atoms with van der Waals surface area (Å²) >= 11 is 0. The Balaban J connectivity index is 1.92. The smallest absolute Gasteiger partial charge is 0.242 e. The molecule has 1 aliphatic heterocycles. The molecule has 0 aliphatic carbocycles. The van der Waals surface area contributed by atoms with Gasteiger partial charge >= 0.3 is 0 Å². The molecule has 3 rings (SSSR count). The van der Waals surface area contributed by atoms with Crippen molar-refractivity contribution in [2.24, 2.45) is 4.99 Å². The van der Waals surface area contributed by atoms with E-state index in [1.807, 2.05) is 55.6 Å². The summed E-state index contributed by atoms with van der Waals surface area (Å²) in [6, 6.07) is 20.1. The highest BCUT2D eigenvalue weighted by Crippen LogP contribution is 2.27. The molecule has 0 saturated heterocycles. The predicted octanol–water partition coefficient (Wildman–Crippen LogP) is 3.01. The van der Waals surface area contributed by atoms with Crippen LogP contribution in [-0.4, -0.2) is 18.0 Å². The van der Waals surface area contributed by atoms with Gasteiger partial charge in [0.25, 0.3) is 0 Å². The molecule has 18 heavy (non-hydrogen) atoms. The van der Waals surface area contributed by atoms with E-state index in [4.69, 9.17) is 4.84 Å². The zero-order chi connectivity index (χ0) is 12.4. The summed E-state index contributed by atoms with van der Waals surface area (Å²) in [6.45, 7) is 0.